The fourth-order valence-corrected chi connectivity index (χ4v) is 0.204. The highest BCUT2D eigenvalue weighted by Crippen LogP contribution is 1.80. The molecular formula is C6H16BF3OS. The first-order valence-electron chi connectivity index (χ1n) is 3.46. The van der Waals surface area contributed by atoms with Crippen LogP contribution in [0.3, 0.4) is 0 Å². The number of ether oxygens (including phenoxy) is 1. The van der Waals surface area contributed by atoms with Crippen molar-refractivity contribution in [1.82, 2.24) is 0 Å². The Kier molecular flexibility index (Phi) is 33.8. The van der Waals surface area contributed by atoms with Gasteiger partial charge in [-0.1, -0.05) is 0 Å². The molecule has 0 aromatic rings. The summed E-state index contributed by atoms with van der Waals surface area (Å²) in [6, 6.07) is 0. The Balaban J connectivity index is -0.000000105. The lowest BCUT2D eigenvalue weighted by Gasteiger charge is -1.86. The molecule has 0 aromatic heterocycles. The second-order valence-electron chi connectivity index (χ2n) is 1.44. The number of hydrogen-bond donors (Lipinski definition) is 0. The van der Waals surface area contributed by atoms with E-state index >= 15 is 0 Å². The SMILES string of the molecule is CCOCC.CSC.FB(F)F. The lowest BCUT2D eigenvalue weighted by Crippen LogP contribution is -1.84. The fourth-order valence-electron chi connectivity index (χ4n) is 0.204. The first-order valence-corrected chi connectivity index (χ1v) is 5.10. The van der Waals surface area contributed by atoms with Gasteiger partial charge in [0, 0.05) is 13.2 Å². The van der Waals surface area contributed by atoms with Gasteiger partial charge in [-0.3, -0.25) is 12.9 Å². The van der Waals surface area contributed by atoms with E-state index in [4.69, 9.17) is 4.74 Å². The molecule has 0 saturated heterocycles. The Labute approximate surface area is 77.3 Å². The quantitative estimate of drug-likeness (QED) is 0.639. The van der Waals surface area contributed by atoms with Crippen molar-refractivity contribution in [3.8, 4) is 0 Å². The Hall–Kier alpha value is 0.165. The zero-order valence-electron chi connectivity index (χ0n) is 7.94. The fraction of sp³-hybridized carbons (Fsp3) is 1.00. The highest BCUT2D eigenvalue weighted by molar-refractivity contribution is 7.97. The van der Waals surface area contributed by atoms with Crippen LogP contribution >= 0.6 is 11.8 Å². The minimum Gasteiger partial charge on any atom is -0.382 e. The summed E-state index contributed by atoms with van der Waals surface area (Å²) in [6.07, 6.45) is 4.08. The molecule has 0 aliphatic rings. The normalized spacial score (nSPS) is 7.25. The summed E-state index contributed by atoms with van der Waals surface area (Å²) in [5, 5.41) is 0. The van der Waals surface area contributed by atoms with Crippen LogP contribution in [0, 0.1) is 0 Å². The van der Waals surface area contributed by atoms with Gasteiger partial charge in [0.25, 0.3) is 0 Å². The molecule has 12 heavy (non-hydrogen) atoms. The molecular weight excluding hydrogens is 188 g/mol. The van der Waals surface area contributed by atoms with E-state index in [1.807, 2.05) is 26.4 Å². The topological polar surface area (TPSA) is 9.23 Å². The molecule has 6 heteroatoms. The van der Waals surface area contributed by atoms with Gasteiger partial charge in [0.05, 0.1) is 0 Å². The Bertz CT molecular complexity index is 55.3. The molecule has 0 N–H and O–H groups in total. The van der Waals surface area contributed by atoms with Crippen LogP contribution in [0.5, 0.6) is 0 Å². The van der Waals surface area contributed by atoms with Crippen LogP contribution in [0.2, 0.25) is 0 Å². The van der Waals surface area contributed by atoms with Crippen molar-refractivity contribution < 1.29 is 17.7 Å². The van der Waals surface area contributed by atoms with Crippen LogP contribution < -0.4 is 0 Å². The Morgan fingerprint density at radius 1 is 1.08 bits per heavy atom. The molecule has 0 aliphatic carbocycles. The third kappa shape index (κ3) is 182. The van der Waals surface area contributed by atoms with Crippen LogP contribution in [0.4, 0.5) is 12.9 Å². The predicted molar refractivity (Wildman–Crippen MR) is 50.7 cm³/mol. The van der Waals surface area contributed by atoms with Crippen molar-refractivity contribution in [3.63, 3.8) is 0 Å². The third-order valence-corrected chi connectivity index (χ3v) is 0.408. The van der Waals surface area contributed by atoms with Crippen molar-refractivity contribution in [1.29, 1.82) is 0 Å². The maximum atomic E-state index is 9.67. The van der Waals surface area contributed by atoms with Gasteiger partial charge in [0.2, 0.25) is 0 Å². The molecule has 0 spiro atoms. The minimum atomic E-state index is -3.67. The molecule has 0 atom stereocenters. The highest BCUT2D eigenvalue weighted by atomic mass is 32.2. The molecule has 0 bridgehead atoms. The second-order valence-corrected chi connectivity index (χ2v) is 2.25. The second kappa shape index (κ2) is 22.5. The number of thioether (sulfide) groups is 1. The number of hydrogen-bond acceptors (Lipinski definition) is 2. The van der Waals surface area contributed by atoms with E-state index in [0.29, 0.717) is 0 Å². The molecule has 0 saturated carbocycles. The first-order chi connectivity index (χ1) is 5.56. The van der Waals surface area contributed by atoms with Crippen molar-refractivity contribution in [2.45, 2.75) is 13.8 Å². The minimum absolute atomic E-state index is 0.844. The average Bonchev–Trinajstić information content (AvgIpc) is 1.89. The molecule has 1 nitrogen and oxygen atoms in total. The predicted octanol–water partition coefficient (Wildman–Crippen LogP) is 2.90. The molecule has 0 amide bonds. The smallest absolute Gasteiger partial charge is 0.382 e. The van der Waals surface area contributed by atoms with E-state index in [0.717, 1.165) is 13.2 Å². The van der Waals surface area contributed by atoms with E-state index in [1.165, 1.54) is 0 Å². The van der Waals surface area contributed by atoms with Gasteiger partial charge in [-0.2, -0.15) is 11.8 Å². The molecule has 0 rings (SSSR count). The van der Waals surface area contributed by atoms with E-state index in [9.17, 15) is 12.9 Å². The lowest BCUT2D eigenvalue weighted by molar-refractivity contribution is 0.162. The highest BCUT2D eigenvalue weighted by Gasteiger charge is 2.06. The standard InChI is InChI=1S/C4H10O.C2H6S.BF3/c1-3-5-4-2;1-3-2;2-1(3)4/h3-4H2,1-2H3;1-2H3;. The first kappa shape index (κ1) is 18.1. The van der Waals surface area contributed by atoms with Crippen molar-refractivity contribution >= 4 is 19.3 Å². The van der Waals surface area contributed by atoms with Gasteiger partial charge in [-0.15, -0.1) is 0 Å². The third-order valence-electron chi connectivity index (χ3n) is 0.408. The lowest BCUT2D eigenvalue weighted by atomic mass is 10.5. The average molecular weight is 204 g/mol. The van der Waals surface area contributed by atoms with Gasteiger partial charge >= 0.3 is 7.54 Å². The van der Waals surface area contributed by atoms with Crippen molar-refractivity contribution in [2.75, 3.05) is 25.7 Å². The van der Waals surface area contributed by atoms with Crippen LogP contribution in [0.1, 0.15) is 13.8 Å². The van der Waals surface area contributed by atoms with E-state index < -0.39 is 7.54 Å². The van der Waals surface area contributed by atoms with Crippen LogP contribution in [0.25, 0.3) is 0 Å². The van der Waals surface area contributed by atoms with Crippen LogP contribution in [0.15, 0.2) is 0 Å². The molecule has 0 aromatic carbocycles. The maximum Gasteiger partial charge on any atom is 0.762 e. The summed E-state index contributed by atoms with van der Waals surface area (Å²) in [7, 11) is -3.67. The van der Waals surface area contributed by atoms with Crippen LogP contribution in [-0.2, 0) is 4.74 Å². The maximum absolute atomic E-state index is 9.67. The summed E-state index contributed by atoms with van der Waals surface area (Å²) < 4.78 is 33.8. The molecule has 0 aliphatic heterocycles. The molecule has 0 heterocycles. The largest absolute Gasteiger partial charge is 0.762 e. The van der Waals surface area contributed by atoms with Gasteiger partial charge < -0.3 is 4.74 Å². The summed E-state index contributed by atoms with van der Waals surface area (Å²) in [5.74, 6) is 0. The number of rotatable bonds is 2. The van der Waals surface area contributed by atoms with Crippen molar-refractivity contribution in [3.05, 3.63) is 0 Å². The van der Waals surface area contributed by atoms with Crippen molar-refractivity contribution in [2.24, 2.45) is 0 Å². The number of halogens is 3. The summed E-state index contributed by atoms with van der Waals surface area (Å²) in [5.41, 5.74) is 0. The monoisotopic (exact) mass is 204 g/mol. The zero-order chi connectivity index (χ0) is 10.4. The van der Waals surface area contributed by atoms with E-state index in [2.05, 4.69) is 0 Å². The van der Waals surface area contributed by atoms with Crippen LogP contribution in [-0.4, -0.2) is 33.3 Å². The van der Waals surface area contributed by atoms with Gasteiger partial charge in [0.15, 0.2) is 0 Å². The molecule has 0 unspecified atom stereocenters. The Morgan fingerprint density at radius 2 is 1.25 bits per heavy atom. The summed E-state index contributed by atoms with van der Waals surface area (Å²) in [4.78, 5) is 0. The molecule has 0 fully saturated rings. The van der Waals surface area contributed by atoms with Gasteiger partial charge in [-0.05, 0) is 26.4 Å². The Morgan fingerprint density at radius 3 is 1.25 bits per heavy atom. The van der Waals surface area contributed by atoms with E-state index in [1.54, 1.807) is 11.8 Å². The zero-order valence-corrected chi connectivity index (χ0v) is 8.76. The van der Waals surface area contributed by atoms with E-state index in [-0.39, 0.29) is 0 Å². The summed E-state index contributed by atoms with van der Waals surface area (Å²) in [6.45, 7) is 5.67. The summed E-state index contributed by atoms with van der Waals surface area (Å²) >= 11 is 1.75. The van der Waals surface area contributed by atoms with Gasteiger partial charge in [-0.25, -0.2) is 0 Å². The molecule has 0 radical (unpaired) electrons. The van der Waals surface area contributed by atoms with Gasteiger partial charge in [0.1, 0.15) is 0 Å². The molecule has 76 valence electrons.